The van der Waals surface area contributed by atoms with Crippen LogP contribution in [0.5, 0.6) is 0 Å². The summed E-state index contributed by atoms with van der Waals surface area (Å²) in [5.41, 5.74) is 3.39. The number of carbonyl (C=O) groups is 1. The number of amides is 1. The zero-order valence-corrected chi connectivity index (χ0v) is 19.1. The molecule has 0 atom stereocenters. The molecule has 1 N–H and O–H groups in total. The number of nitrogens with one attached hydrogen (secondary N) is 1. The number of hydrogen-bond donors (Lipinski definition) is 1. The van der Waals surface area contributed by atoms with Gasteiger partial charge in [-0.15, -0.1) is 10.2 Å². The van der Waals surface area contributed by atoms with E-state index in [0.717, 1.165) is 48.0 Å². The highest BCUT2D eigenvalue weighted by atomic mass is 16.1. The lowest BCUT2D eigenvalue weighted by molar-refractivity contribution is 0.102. The number of benzene rings is 1. The van der Waals surface area contributed by atoms with Crippen LogP contribution in [0, 0.1) is 0 Å². The first kappa shape index (κ1) is 21.3. The number of piperidine rings is 1. The van der Waals surface area contributed by atoms with Gasteiger partial charge in [0.1, 0.15) is 0 Å². The van der Waals surface area contributed by atoms with Gasteiger partial charge in [0.15, 0.2) is 5.82 Å². The highest BCUT2D eigenvalue weighted by Gasteiger charge is 2.19. The van der Waals surface area contributed by atoms with E-state index >= 15 is 0 Å². The van der Waals surface area contributed by atoms with Crippen LogP contribution in [0.1, 0.15) is 49.1 Å². The lowest BCUT2D eigenvalue weighted by atomic mass is 10.1. The normalized spacial score (nSPS) is 15.4. The number of aromatic nitrogens is 6. The zero-order valence-electron chi connectivity index (χ0n) is 19.1. The van der Waals surface area contributed by atoms with Gasteiger partial charge in [-0.3, -0.25) is 14.2 Å². The first-order valence-corrected chi connectivity index (χ1v) is 11.3. The van der Waals surface area contributed by atoms with Gasteiger partial charge < -0.3 is 10.2 Å². The van der Waals surface area contributed by atoms with Gasteiger partial charge in [-0.05, 0) is 70.6 Å². The van der Waals surface area contributed by atoms with Crippen molar-refractivity contribution in [3.8, 4) is 11.1 Å². The second-order valence-corrected chi connectivity index (χ2v) is 9.00. The summed E-state index contributed by atoms with van der Waals surface area (Å²) in [5, 5.41) is 21.0. The van der Waals surface area contributed by atoms with Crippen LogP contribution in [0.2, 0.25) is 0 Å². The molecule has 1 saturated heterocycles. The van der Waals surface area contributed by atoms with Crippen molar-refractivity contribution in [3.63, 3.8) is 0 Å². The van der Waals surface area contributed by atoms with Gasteiger partial charge >= 0.3 is 0 Å². The van der Waals surface area contributed by atoms with Crippen LogP contribution in [0.25, 0.3) is 22.0 Å². The van der Waals surface area contributed by atoms with Crippen LogP contribution in [0.4, 0.5) is 5.82 Å². The molecule has 9 nitrogen and oxygen atoms in total. The fourth-order valence-corrected chi connectivity index (χ4v) is 4.16. The summed E-state index contributed by atoms with van der Waals surface area (Å²) in [6.07, 6.45) is 9.57. The van der Waals surface area contributed by atoms with E-state index in [1.807, 2.05) is 38.2 Å². The number of likely N-dealkylation sites (tertiary alicyclic amines) is 1. The maximum Gasteiger partial charge on any atom is 0.260 e. The summed E-state index contributed by atoms with van der Waals surface area (Å²) >= 11 is 0. The van der Waals surface area contributed by atoms with Crippen LogP contribution in [0.3, 0.4) is 0 Å². The average molecular weight is 445 g/mol. The van der Waals surface area contributed by atoms with Gasteiger partial charge in [0.2, 0.25) is 0 Å². The minimum atomic E-state index is -0.258. The van der Waals surface area contributed by atoms with Crippen molar-refractivity contribution >= 4 is 22.6 Å². The molecular weight excluding hydrogens is 416 g/mol. The van der Waals surface area contributed by atoms with Gasteiger partial charge in [0, 0.05) is 29.4 Å². The third kappa shape index (κ3) is 4.49. The molecule has 1 aliphatic heterocycles. The van der Waals surface area contributed by atoms with E-state index < -0.39 is 0 Å². The molecule has 0 unspecified atom stereocenters. The molecule has 1 amide bonds. The summed E-state index contributed by atoms with van der Waals surface area (Å²) in [5.74, 6) is 0.148. The third-order valence-corrected chi connectivity index (χ3v) is 6.22. The van der Waals surface area contributed by atoms with Gasteiger partial charge in [0.05, 0.1) is 29.5 Å². The molecule has 1 aliphatic rings. The largest absolute Gasteiger partial charge is 0.306 e. The predicted molar refractivity (Wildman–Crippen MR) is 127 cm³/mol. The standard InChI is InChI=1S/C24H28N8O/c1-16(2)31-15-20(13-25-31)24(33)27-23-11-18-10-17(4-5-22(18)28-29-23)19-12-26-32(14-19)21-6-8-30(3)9-7-21/h4-5,10-16,21H,6-9H2,1-3H3,(H,27,29,33). The molecule has 170 valence electrons. The van der Waals surface area contributed by atoms with Crippen molar-refractivity contribution in [2.24, 2.45) is 0 Å². The minimum Gasteiger partial charge on any atom is -0.306 e. The lowest BCUT2D eigenvalue weighted by Gasteiger charge is -2.28. The second kappa shape index (κ2) is 8.74. The Hall–Kier alpha value is -3.59. The van der Waals surface area contributed by atoms with Crippen LogP contribution >= 0.6 is 0 Å². The number of hydrogen-bond acceptors (Lipinski definition) is 6. The maximum absolute atomic E-state index is 12.6. The zero-order chi connectivity index (χ0) is 22.9. The summed E-state index contributed by atoms with van der Waals surface area (Å²) in [4.78, 5) is 15.0. The fraction of sp³-hybridized carbons (Fsp3) is 0.375. The summed E-state index contributed by atoms with van der Waals surface area (Å²) in [7, 11) is 2.16. The smallest absolute Gasteiger partial charge is 0.260 e. The molecule has 4 heterocycles. The number of anilines is 1. The molecule has 3 aromatic heterocycles. The Bertz CT molecular complexity index is 1280. The Morgan fingerprint density at radius 3 is 2.61 bits per heavy atom. The minimum absolute atomic E-state index is 0.189. The number of nitrogens with zero attached hydrogens (tertiary/aromatic N) is 7. The Balaban J connectivity index is 1.35. The Kier molecular flexibility index (Phi) is 5.63. The molecule has 0 spiro atoms. The van der Waals surface area contributed by atoms with Crippen LogP contribution in [0.15, 0.2) is 49.1 Å². The summed E-state index contributed by atoms with van der Waals surface area (Å²) in [6, 6.07) is 8.52. The van der Waals surface area contributed by atoms with Crippen LogP contribution in [-0.4, -0.2) is 60.7 Å². The molecule has 1 fully saturated rings. The van der Waals surface area contributed by atoms with Gasteiger partial charge in [-0.25, -0.2) is 0 Å². The quantitative estimate of drug-likeness (QED) is 0.503. The van der Waals surface area contributed by atoms with E-state index in [4.69, 9.17) is 0 Å². The van der Waals surface area contributed by atoms with Crippen molar-refractivity contribution in [1.29, 1.82) is 0 Å². The third-order valence-electron chi connectivity index (χ3n) is 6.22. The van der Waals surface area contributed by atoms with Crippen molar-refractivity contribution < 1.29 is 4.79 Å². The summed E-state index contributed by atoms with van der Waals surface area (Å²) < 4.78 is 3.85. The first-order valence-electron chi connectivity index (χ1n) is 11.3. The van der Waals surface area contributed by atoms with E-state index in [0.29, 0.717) is 17.4 Å². The number of carbonyl (C=O) groups excluding carboxylic acids is 1. The molecular formula is C24H28N8O. The van der Waals surface area contributed by atoms with Gasteiger partial charge in [0.25, 0.3) is 5.91 Å². The Morgan fingerprint density at radius 1 is 1.03 bits per heavy atom. The van der Waals surface area contributed by atoms with Crippen molar-refractivity contribution in [3.05, 3.63) is 54.6 Å². The highest BCUT2D eigenvalue weighted by Crippen LogP contribution is 2.27. The molecule has 33 heavy (non-hydrogen) atoms. The van der Waals surface area contributed by atoms with E-state index in [9.17, 15) is 4.79 Å². The lowest BCUT2D eigenvalue weighted by Crippen LogP contribution is -2.31. The van der Waals surface area contributed by atoms with Crippen molar-refractivity contribution in [2.75, 3.05) is 25.5 Å². The monoisotopic (exact) mass is 444 g/mol. The van der Waals surface area contributed by atoms with E-state index in [1.54, 1.807) is 17.1 Å². The van der Waals surface area contributed by atoms with E-state index in [-0.39, 0.29) is 11.9 Å². The average Bonchev–Trinajstić information content (AvgIpc) is 3.50. The molecule has 1 aromatic carbocycles. The summed E-state index contributed by atoms with van der Waals surface area (Å²) in [6.45, 7) is 6.22. The molecule has 0 aliphatic carbocycles. The topological polar surface area (TPSA) is 93.8 Å². The van der Waals surface area contributed by atoms with E-state index in [1.165, 1.54) is 0 Å². The van der Waals surface area contributed by atoms with Gasteiger partial charge in [-0.2, -0.15) is 10.2 Å². The van der Waals surface area contributed by atoms with Crippen LogP contribution < -0.4 is 5.32 Å². The first-order chi connectivity index (χ1) is 16.0. The molecule has 0 radical (unpaired) electrons. The number of rotatable bonds is 5. The molecule has 0 saturated carbocycles. The van der Waals surface area contributed by atoms with Gasteiger partial charge in [-0.1, -0.05) is 6.07 Å². The Morgan fingerprint density at radius 2 is 1.85 bits per heavy atom. The highest BCUT2D eigenvalue weighted by molar-refractivity contribution is 6.04. The van der Waals surface area contributed by atoms with Crippen molar-refractivity contribution in [2.45, 2.75) is 38.8 Å². The second-order valence-electron chi connectivity index (χ2n) is 9.00. The van der Waals surface area contributed by atoms with Crippen LogP contribution in [-0.2, 0) is 0 Å². The predicted octanol–water partition coefficient (Wildman–Crippen LogP) is 3.79. The Labute approximate surface area is 192 Å². The molecule has 5 rings (SSSR count). The SMILES string of the molecule is CC(C)n1cc(C(=O)Nc2cc3cc(-c4cnn(C5CCN(C)CC5)c4)ccc3nn2)cn1. The van der Waals surface area contributed by atoms with Crippen molar-refractivity contribution in [1.82, 2.24) is 34.7 Å². The number of fused-ring (bicyclic) bond motifs is 1. The fourth-order valence-electron chi connectivity index (χ4n) is 4.16. The molecule has 4 aromatic rings. The van der Waals surface area contributed by atoms with E-state index in [2.05, 4.69) is 54.6 Å². The maximum atomic E-state index is 12.6. The molecule has 9 heteroatoms. The molecule has 0 bridgehead atoms.